The molecule has 3 rings (SSSR count). The Morgan fingerprint density at radius 1 is 1.00 bits per heavy atom. The molecule has 1 aliphatic rings. The molecule has 0 spiro atoms. The Balaban J connectivity index is 1.86. The largest absolute Gasteiger partial charge is 0.462 e. The fourth-order valence-corrected chi connectivity index (χ4v) is 5.60. The van der Waals surface area contributed by atoms with Crippen molar-refractivity contribution in [2.45, 2.75) is 42.2 Å². The first kappa shape index (κ1) is 21.3. The monoisotopic (exact) mass is 436 g/mol. The zero-order valence-electron chi connectivity index (χ0n) is 15.9. The van der Waals surface area contributed by atoms with E-state index in [1.54, 1.807) is 6.92 Å². The van der Waals surface area contributed by atoms with E-state index in [0.717, 1.165) is 0 Å². The molecule has 0 N–H and O–H groups in total. The van der Waals surface area contributed by atoms with Crippen LogP contribution in [0.15, 0.2) is 53.4 Å². The van der Waals surface area contributed by atoms with E-state index in [1.165, 1.54) is 48.5 Å². The van der Waals surface area contributed by atoms with E-state index in [0.29, 0.717) is 23.4 Å². The highest BCUT2D eigenvalue weighted by Crippen LogP contribution is 2.42. The van der Waals surface area contributed by atoms with Gasteiger partial charge in [-0.1, -0.05) is 24.4 Å². The first-order valence-corrected chi connectivity index (χ1v) is 11.2. The summed E-state index contributed by atoms with van der Waals surface area (Å²) in [6.45, 7) is 1.96. The van der Waals surface area contributed by atoms with E-state index in [4.69, 9.17) is 21.1 Å². The first-order valence-electron chi connectivity index (χ1n) is 9.30. The Bertz CT molecular complexity index is 990. The molecule has 2 aromatic carbocycles. The fraction of sp³-hybridized carbons (Fsp3) is 0.333. The lowest BCUT2D eigenvalue weighted by Gasteiger charge is -2.26. The average molecular weight is 437 g/mol. The van der Waals surface area contributed by atoms with Crippen LogP contribution < -0.4 is 4.74 Å². The van der Waals surface area contributed by atoms with E-state index in [-0.39, 0.29) is 30.1 Å². The molecule has 29 heavy (non-hydrogen) atoms. The molecule has 0 heterocycles. The van der Waals surface area contributed by atoms with Crippen molar-refractivity contribution in [2.75, 3.05) is 6.61 Å². The zero-order valence-corrected chi connectivity index (χ0v) is 17.5. The molecule has 1 saturated carbocycles. The maximum atomic E-state index is 13.3. The summed E-state index contributed by atoms with van der Waals surface area (Å²) in [5.74, 6) is -1.13. The molecule has 0 atom stereocenters. The third kappa shape index (κ3) is 4.16. The molecule has 0 aliphatic heterocycles. The molecule has 0 amide bonds. The van der Waals surface area contributed by atoms with Crippen molar-refractivity contribution >= 4 is 33.4 Å². The van der Waals surface area contributed by atoms with Gasteiger partial charge in [-0.15, -0.1) is 0 Å². The van der Waals surface area contributed by atoms with Gasteiger partial charge in [0.15, 0.2) is 14.6 Å². The summed E-state index contributed by atoms with van der Waals surface area (Å²) in [6, 6.07) is 11.6. The van der Waals surface area contributed by atoms with Crippen molar-refractivity contribution in [1.29, 1.82) is 0 Å². The molecular formula is C21H21ClO6S. The molecule has 0 unspecified atom stereocenters. The van der Waals surface area contributed by atoms with Crippen molar-refractivity contribution < 1.29 is 27.5 Å². The van der Waals surface area contributed by atoms with Crippen LogP contribution in [-0.4, -0.2) is 31.7 Å². The van der Waals surface area contributed by atoms with Crippen molar-refractivity contribution in [3.05, 3.63) is 59.1 Å². The van der Waals surface area contributed by atoms with Gasteiger partial charge in [0.05, 0.1) is 17.1 Å². The van der Waals surface area contributed by atoms with Crippen LogP contribution in [0, 0.1) is 0 Å². The number of hydrogen-bond donors (Lipinski definition) is 0. The second-order valence-corrected chi connectivity index (χ2v) is 9.49. The third-order valence-corrected chi connectivity index (χ3v) is 7.75. The van der Waals surface area contributed by atoms with Crippen LogP contribution >= 0.6 is 11.6 Å². The van der Waals surface area contributed by atoms with E-state index < -0.39 is 26.5 Å². The van der Waals surface area contributed by atoms with Gasteiger partial charge in [0.2, 0.25) is 0 Å². The minimum Gasteiger partial charge on any atom is -0.462 e. The molecule has 6 nitrogen and oxygen atoms in total. The van der Waals surface area contributed by atoms with Gasteiger partial charge in [-0.3, -0.25) is 0 Å². The second-order valence-electron chi connectivity index (χ2n) is 6.79. The lowest BCUT2D eigenvalue weighted by molar-refractivity contribution is -0.137. The van der Waals surface area contributed by atoms with E-state index in [9.17, 15) is 18.0 Å². The van der Waals surface area contributed by atoms with Crippen molar-refractivity contribution in [3.63, 3.8) is 0 Å². The van der Waals surface area contributed by atoms with Gasteiger partial charge in [-0.2, -0.15) is 0 Å². The Labute approximate surface area is 174 Å². The molecule has 1 aliphatic carbocycles. The molecule has 0 bridgehead atoms. The highest BCUT2D eigenvalue weighted by atomic mass is 35.5. The summed E-state index contributed by atoms with van der Waals surface area (Å²) in [7, 11) is -3.97. The van der Waals surface area contributed by atoms with Crippen LogP contribution in [0.4, 0.5) is 0 Å². The van der Waals surface area contributed by atoms with E-state index >= 15 is 0 Å². The third-order valence-electron chi connectivity index (χ3n) is 5.00. The van der Waals surface area contributed by atoms with Gasteiger partial charge in [0.25, 0.3) is 0 Å². The highest BCUT2D eigenvalue weighted by molar-refractivity contribution is 7.93. The smallest absolute Gasteiger partial charge is 0.338 e. The predicted octanol–water partition coefficient (Wildman–Crippen LogP) is 4.21. The van der Waals surface area contributed by atoms with Crippen molar-refractivity contribution in [3.8, 4) is 5.75 Å². The van der Waals surface area contributed by atoms with Crippen molar-refractivity contribution in [1.82, 2.24) is 0 Å². The first-order chi connectivity index (χ1) is 13.8. The van der Waals surface area contributed by atoms with Crippen LogP contribution in [0.5, 0.6) is 5.75 Å². The van der Waals surface area contributed by atoms with Crippen LogP contribution in [0.25, 0.3) is 0 Å². The lowest BCUT2D eigenvalue weighted by atomic mass is 10.1. The van der Waals surface area contributed by atoms with Gasteiger partial charge >= 0.3 is 11.9 Å². The molecule has 8 heteroatoms. The number of esters is 2. The standard InChI is InChI=1S/C21H21ClO6S/c1-2-27-19(23)15-5-9-17(10-6-15)28-20(24)21(13-3-4-14-21)29(25,26)18-11-7-16(22)8-12-18/h5-12H,2-4,13-14H2,1H3. The average Bonchev–Trinajstić information content (AvgIpc) is 3.21. The summed E-state index contributed by atoms with van der Waals surface area (Å²) in [4.78, 5) is 24.8. The topological polar surface area (TPSA) is 86.7 Å². The predicted molar refractivity (Wildman–Crippen MR) is 108 cm³/mol. The van der Waals surface area contributed by atoms with Gasteiger partial charge in [0, 0.05) is 5.02 Å². The lowest BCUT2D eigenvalue weighted by Crippen LogP contribution is -2.46. The van der Waals surface area contributed by atoms with Crippen molar-refractivity contribution in [2.24, 2.45) is 0 Å². The zero-order chi connectivity index (χ0) is 21.1. The SMILES string of the molecule is CCOC(=O)c1ccc(OC(=O)C2(S(=O)(=O)c3ccc(Cl)cc3)CCCC2)cc1. The number of sulfone groups is 1. The number of ether oxygens (including phenoxy) is 2. The van der Waals surface area contributed by atoms with Crippen LogP contribution in [0.2, 0.25) is 5.02 Å². The molecule has 2 aromatic rings. The summed E-state index contributed by atoms with van der Waals surface area (Å²) in [6.07, 6.45) is 1.61. The van der Waals surface area contributed by atoms with Crippen LogP contribution in [0.3, 0.4) is 0 Å². The number of carbonyl (C=O) groups excluding carboxylic acids is 2. The van der Waals surface area contributed by atoms with E-state index in [2.05, 4.69) is 0 Å². The Morgan fingerprint density at radius 2 is 1.59 bits per heavy atom. The van der Waals surface area contributed by atoms with Crippen LogP contribution in [-0.2, 0) is 19.4 Å². The highest BCUT2D eigenvalue weighted by Gasteiger charge is 2.54. The summed E-state index contributed by atoms with van der Waals surface area (Å²) in [5.41, 5.74) is 0.316. The van der Waals surface area contributed by atoms with Gasteiger partial charge in [0.1, 0.15) is 5.75 Å². The summed E-state index contributed by atoms with van der Waals surface area (Å²) < 4.78 is 35.3. The minimum atomic E-state index is -3.97. The second kappa shape index (κ2) is 8.55. The molecule has 154 valence electrons. The summed E-state index contributed by atoms with van der Waals surface area (Å²) in [5, 5.41) is 0.411. The quantitative estimate of drug-likeness (QED) is 0.498. The molecule has 0 saturated heterocycles. The number of benzene rings is 2. The summed E-state index contributed by atoms with van der Waals surface area (Å²) >= 11 is 5.86. The van der Waals surface area contributed by atoms with Gasteiger partial charge < -0.3 is 9.47 Å². The van der Waals surface area contributed by atoms with Gasteiger partial charge in [-0.25, -0.2) is 18.0 Å². The molecule has 0 radical (unpaired) electrons. The van der Waals surface area contributed by atoms with Gasteiger partial charge in [-0.05, 0) is 68.3 Å². The fourth-order valence-electron chi connectivity index (χ4n) is 3.44. The van der Waals surface area contributed by atoms with Crippen LogP contribution in [0.1, 0.15) is 43.0 Å². The maximum Gasteiger partial charge on any atom is 0.338 e. The molecular weight excluding hydrogens is 416 g/mol. The number of carbonyl (C=O) groups is 2. The minimum absolute atomic E-state index is 0.0402. The Hall–Kier alpha value is -2.38. The molecule has 1 fully saturated rings. The molecule has 0 aromatic heterocycles. The number of hydrogen-bond acceptors (Lipinski definition) is 6. The maximum absolute atomic E-state index is 13.3. The Kier molecular flexibility index (Phi) is 6.29. The number of rotatable bonds is 6. The van der Waals surface area contributed by atoms with E-state index in [1.807, 2.05) is 0 Å². The number of halogens is 1. The Morgan fingerprint density at radius 3 is 2.14 bits per heavy atom. The normalized spacial score (nSPS) is 15.7.